The zero-order valence-corrected chi connectivity index (χ0v) is 6.03. The fourth-order valence-corrected chi connectivity index (χ4v) is 0.519. The van der Waals surface area contributed by atoms with Gasteiger partial charge in [0.15, 0.2) is 17.2 Å². The van der Waals surface area contributed by atoms with E-state index in [1.54, 1.807) is 0 Å². The molecule has 4 heteroatoms. The second kappa shape index (κ2) is 3.34. The van der Waals surface area contributed by atoms with Crippen LogP contribution in [0.3, 0.4) is 0 Å². The van der Waals surface area contributed by atoms with Crippen LogP contribution in [-0.2, 0) is 17.1 Å². The quantitative estimate of drug-likeness (QED) is 0.410. The molecule has 0 aliphatic carbocycles. The molecule has 1 aromatic carbocycles. The largest absolute Gasteiger partial charge is 0.504 e. The molecule has 0 heterocycles. The predicted molar refractivity (Wildman–Crippen MR) is 31.4 cm³/mol. The van der Waals surface area contributed by atoms with Gasteiger partial charge < -0.3 is 15.3 Å². The Labute approximate surface area is 68.4 Å². The summed E-state index contributed by atoms with van der Waals surface area (Å²) >= 11 is 0. The van der Waals surface area contributed by atoms with Crippen LogP contribution in [0.15, 0.2) is 18.2 Å². The second-order valence-electron chi connectivity index (χ2n) is 1.64. The van der Waals surface area contributed by atoms with Crippen LogP contribution in [0.2, 0.25) is 0 Å². The van der Waals surface area contributed by atoms with Gasteiger partial charge in [0, 0.05) is 17.1 Å². The van der Waals surface area contributed by atoms with Gasteiger partial charge in [-0.25, -0.2) is 0 Å². The monoisotopic (exact) mass is 182 g/mol. The van der Waals surface area contributed by atoms with Gasteiger partial charge in [-0.05, 0) is 12.1 Å². The molecule has 0 fully saturated rings. The molecule has 0 unspecified atom stereocenters. The third-order valence-electron chi connectivity index (χ3n) is 0.993. The number of benzene rings is 1. The first-order chi connectivity index (χ1) is 4.22. The molecule has 1 rings (SSSR count). The minimum atomic E-state index is -0.475. The number of aromatic hydroxyl groups is 3. The van der Waals surface area contributed by atoms with E-state index in [-0.39, 0.29) is 28.6 Å². The van der Waals surface area contributed by atoms with Gasteiger partial charge in [0.1, 0.15) is 0 Å². The molecule has 0 aliphatic rings. The molecule has 0 saturated heterocycles. The van der Waals surface area contributed by atoms with Gasteiger partial charge in [0.2, 0.25) is 0 Å². The van der Waals surface area contributed by atoms with Crippen molar-refractivity contribution in [2.24, 2.45) is 0 Å². The van der Waals surface area contributed by atoms with Crippen molar-refractivity contribution in [1.82, 2.24) is 0 Å². The van der Waals surface area contributed by atoms with Crippen molar-refractivity contribution in [3.05, 3.63) is 18.2 Å². The van der Waals surface area contributed by atoms with Crippen molar-refractivity contribution < 1.29 is 32.4 Å². The molecule has 0 amide bonds. The molecule has 56 valence electrons. The minimum absolute atomic E-state index is 0. The van der Waals surface area contributed by atoms with Crippen LogP contribution in [0.1, 0.15) is 0 Å². The minimum Gasteiger partial charge on any atom is -0.504 e. The van der Waals surface area contributed by atoms with Crippen LogP contribution < -0.4 is 0 Å². The van der Waals surface area contributed by atoms with E-state index >= 15 is 0 Å². The summed E-state index contributed by atoms with van der Waals surface area (Å²) in [5.41, 5.74) is 0. The molecule has 0 bridgehead atoms. The van der Waals surface area contributed by atoms with Crippen molar-refractivity contribution in [3.8, 4) is 17.2 Å². The molecule has 0 spiro atoms. The average molecular weight is 182 g/mol. The summed E-state index contributed by atoms with van der Waals surface area (Å²) in [6.07, 6.45) is 0. The van der Waals surface area contributed by atoms with Gasteiger partial charge >= 0.3 is 0 Å². The van der Waals surface area contributed by atoms with E-state index in [0.717, 1.165) is 0 Å². The molecule has 3 N–H and O–H groups in total. The zero-order chi connectivity index (χ0) is 6.85. The van der Waals surface area contributed by atoms with Crippen molar-refractivity contribution in [2.75, 3.05) is 0 Å². The zero-order valence-electron chi connectivity index (χ0n) is 4.93. The number of para-hydroxylation sites is 1. The van der Waals surface area contributed by atoms with Crippen LogP contribution in [-0.4, -0.2) is 15.3 Å². The van der Waals surface area contributed by atoms with E-state index in [1.807, 2.05) is 0 Å². The Balaban J connectivity index is 0.000000810. The molecular formula is C6H6FeO3. The molecular weight excluding hydrogens is 176 g/mol. The van der Waals surface area contributed by atoms with Gasteiger partial charge in [-0.1, -0.05) is 6.07 Å². The third kappa shape index (κ3) is 1.56. The maximum absolute atomic E-state index is 8.71. The summed E-state index contributed by atoms with van der Waals surface area (Å²) in [6.45, 7) is 0. The van der Waals surface area contributed by atoms with Crippen LogP contribution in [0.25, 0.3) is 0 Å². The van der Waals surface area contributed by atoms with Crippen molar-refractivity contribution >= 4 is 0 Å². The topological polar surface area (TPSA) is 60.7 Å². The Hall–Kier alpha value is -0.861. The normalized spacial score (nSPS) is 8.40. The van der Waals surface area contributed by atoms with Gasteiger partial charge in [-0.3, -0.25) is 0 Å². The van der Waals surface area contributed by atoms with E-state index in [9.17, 15) is 0 Å². The Morgan fingerprint density at radius 1 is 0.900 bits per heavy atom. The van der Waals surface area contributed by atoms with Crippen LogP contribution in [0, 0.1) is 0 Å². The number of hydrogen-bond acceptors (Lipinski definition) is 3. The van der Waals surface area contributed by atoms with Crippen molar-refractivity contribution in [1.29, 1.82) is 0 Å². The molecule has 0 aromatic heterocycles. The molecule has 3 nitrogen and oxygen atoms in total. The molecule has 1 aromatic rings. The summed E-state index contributed by atoms with van der Waals surface area (Å²) in [5.74, 6) is -1.09. The number of rotatable bonds is 0. The first-order valence-electron chi connectivity index (χ1n) is 2.41. The summed E-state index contributed by atoms with van der Waals surface area (Å²) in [5, 5.41) is 26.1. The Morgan fingerprint density at radius 3 is 1.60 bits per heavy atom. The third-order valence-corrected chi connectivity index (χ3v) is 0.993. The van der Waals surface area contributed by atoms with E-state index in [2.05, 4.69) is 0 Å². The van der Waals surface area contributed by atoms with Gasteiger partial charge in [-0.2, -0.15) is 0 Å². The molecule has 0 aliphatic heterocycles. The van der Waals surface area contributed by atoms with Crippen LogP contribution >= 0.6 is 0 Å². The molecule has 0 atom stereocenters. The smallest absolute Gasteiger partial charge is 0.200 e. The number of phenolic OH excluding ortho intramolecular Hbond substituents is 3. The maximum atomic E-state index is 8.71. The standard InChI is InChI=1S/C6H6O3.Fe/c7-4-2-1-3-5(8)6(4)9;/h1-3,7-9H;. The Bertz CT molecular complexity index is 204. The maximum Gasteiger partial charge on any atom is 0.200 e. The molecule has 0 radical (unpaired) electrons. The predicted octanol–water partition coefficient (Wildman–Crippen LogP) is 0.801. The second-order valence-corrected chi connectivity index (χ2v) is 1.64. The number of hydrogen-bond donors (Lipinski definition) is 3. The Kier molecular flexibility index (Phi) is 3.06. The SMILES string of the molecule is Oc1cccc(O)c1O.[Fe]. The van der Waals surface area contributed by atoms with Gasteiger partial charge in [0.25, 0.3) is 0 Å². The van der Waals surface area contributed by atoms with E-state index < -0.39 is 5.75 Å². The fraction of sp³-hybridized carbons (Fsp3) is 0. The van der Waals surface area contributed by atoms with E-state index in [4.69, 9.17) is 15.3 Å². The van der Waals surface area contributed by atoms with E-state index in [0.29, 0.717) is 0 Å². The van der Waals surface area contributed by atoms with Gasteiger partial charge in [-0.15, -0.1) is 0 Å². The van der Waals surface area contributed by atoms with Gasteiger partial charge in [0.05, 0.1) is 0 Å². The van der Waals surface area contributed by atoms with Crippen molar-refractivity contribution in [3.63, 3.8) is 0 Å². The average Bonchev–Trinajstić information content (AvgIpc) is 1.83. The van der Waals surface area contributed by atoms with Crippen LogP contribution in [0.4, 0.5) is 0 Å². The van der Waals surface area contributed by atoms with Crippen LogP contribution in [0.5, 0.6) is 17.2 Å². The van der Waals surface area contributed by atoms with Crippen molar-refractivity contribution in [2.45, 2.75) is 0 Å². The summed E-state index contributed by atoms with van der Waals surface area (Å²) in [7, 11) is 0. The molecule has 10 heavy (non-hydrogen) atoms. The first-order valence-corrected chi connectivity index (χ1v) is 2.41. The first kappa shape index (κ1) is 9.14. The fourth-order valence-electron chi connectivity index (χ4n) is 0.519. The Morgan fingerprint density at radius 2 is 1.30 bits per heavy atom. The molecule has 0 saturated carbocycles. The summed E-state index contributed by atoms with van der Waals surface area (Å²) < 4.78 is 0. The van der Waals surface area contributed by atoms with E-state index in [1.165, 1.54) is 18.2 Å². The summed E-state index contributed by atoms with van der Waals surface area (Å²) in [6, 6.07) is 4.01. The number of phenols is 3. The summed E-state index contributed by atoms with van der Waals surface area (Å²) in [4.78, 5) is 0.